The van der Waals surface area contributed by atoms with Crippen molar-refractivity contribution in [3.63, 3.8) is 0 Å². The van der Waals surface area contributed by atoms with Crippen molar-refractivity contribution in [1.82, 2.24) is 14.9 Å². The van der Waals surface area contributed by atoms with Gasteiger partial charge in [0, 0.05) is 33.2 Å². The Morgan fingerprint density at radius 3 is 2.57 bits per heavy atom. The maximum atomic E-state index is 11.6. The van der Waals surface area contributed by atoms with Gasteiger partial charge in [-0.1, -0.05) is 0 Å². The zero-order valence-electron chi connectivity index (χ0n) is 12.9. The van der Waals surface area contributed by atoms with Gasteiger partial charge < -0.3 is 15.0 Å². The Balaban J connectivity index is 2.09. The summed E-state index contributed by atoms with van der Waals surface area (Å²) in [7, 11) is -1.51. The lowest BCUT2D eigenvalue weighted by Crippen LogP contribution is -2.40. The highest BCUT2D eigenvalue weighted by Crippen LogP contribution is 2.15. The Labute approximate surface area is 127 Å². The molecule has 1 amide bonds. The first-order valence-electron chi connectivity index (χ1n) is 7.33. The molecule has 1 fully saturated rings. The summed E-state index contributed by atoms with van der Waals surface area (Å²) in [6, 6.07) is 0. The summed E-state index contributed by atoms with van der Waals surface area (Å²) < 4.78 is 29.1. The van der Waals surface area contributed by atoms with Crippen molar-refractivity contribution in [1.29, 1.82) is 0 Å². The molecule has 0 aromatic heterocycles. The van der Waals surface area contributed by atoms with Crippen LogP contribution in [0.15, 0.2) is 0 Å². The van der Waals surface area contributed by atoms with E-state index in [9.17, 15) is 13.2 Å². The summed E-state index contributed by atoms with van der Waals surface area (Å²) in [5.74, 6) is 0.406. The Kier molecular flexibility index (Phi) is 8.16. The molecule has 0 bridgehead atoms. The molecule has 1 saturated heterocycles. The second-order valence-corrected chi connectivity index (χ2v) is 7.33. The number of likely N-dealkylation sites (tertiary alicyclic amines) is 1. The van der Waals surface area contributed by atoms with Crippen LogP contribution in [0.2, 0.25) is 0 Å². The van der Waals surface area contributed by atoms with Gasteiger partial charge in [0.05, 0.1) is 12.9 Å². The lowest BCUT2D eigenvalue weighted by molar-refractivity contribution is -0.121. The van der Waals surface area contributed by atoms with Gasteiger partial charge in [0.25, 0.3) is 0 Å². The van der Waals surface area contributed by atoms with E-state index in [0.717, 1.165) is 45.3 Å². The third-order valence-corrected chi connectivity index (χ3v) is 4.35. The molecule has 7 nitrogen and oxygen atoms in total. The van der Waals surface area contributed by atoms with Crippen LogP contribution in [-0.2, 0) is 19.6 Å². The minimum Gasteiger partial charge on any atom is -0.383 e. The number of methoxy groups -OCH3 is 1. The Bertz CT molecular complexity index is 406. The molecule has 0 aliphatic carbocycles. The van der Waals surface area contributed by atoms with E-state index in [0.29, 0.717) is 12.5 Å². The molecule has 1 heterocycles. The van der Waals surface area contributed by atoms with Gasteiger partial charge >= 0.3 is 0 Å². The number of nitrogens with one attached hydrogen (secondary N) is 2. The lowest BCUT2D eigenvalue weighted by atomic mass is 9.97. The second-order valence-electron chi connectivity index (χ2n) is 5.50. The van der Waals surface area contributed by atoms with Gasteiger partial charge in [0.15, 0.2) is 0 Å². The first-order valence-corrected chi connectivity index (χ1v) is 9.22. The molecule has 0 unspecified atom stereocenters. The van der Waals surface area contributed by atoms with Crippen molar-refractivity contribution in [2.45, 2.75) is 19.3 Å². The molecule has 1 aliphatic heterocycles. The van der Waals surface area contributed by atoms with Gasteiger partial charge in [-0.25, -0.2) is 13.1 Å². The van der Waals surface area contributed by atoms with Crippen molar-refractivity contribution < 1.29 is 17.9 Å². The molecule has 21 heavy (non-hydrogen) atoms. The molecule has 0 atom stereocenters. The number of piperidine rings is 1. The van der Waals surface area contributed by atoms with Crippen LogP contribution in [0.3, 0.4) is 0 Å². The average molecular weight is 321 g/mol. The SMILES string of the molecule is COCCN1CCC(CNC(=O)CCNS(C)(=O)=O)CC1. The summed E-state index contributed by atoms with van der Waals surface area (Å²) in [5.41, 5.74) is 0. The average Bonchev–Trinajstić information content (AvgIpc) is 2.42. The molecule has 0 aromatic carbocycles. The molecule has 0 radical (unpaired) electrons. The highest BCUT2D eigenvalue weighted by atomic mass is 32.2. The van der Waals surface area contributed by atoms with E-state index in [1.165, 1.54) is 0 Å². The third kappa shape index (κ3) is 9.02. The number of nitrogens with zero attached hydrogens (tertiary/aromatic N) is 1. The largest absolute Gasteiger partial charge is 0.383 e. The van der Waals surface area contributed by atoms with Crippen molar-refractivity contribution in [3.8, 4) is 0 Å². The fourth-order valence-corrected chi connectivity index (χ4v) is 2.80. The van der Waals surface area contributed by atoms with E-state index < -0.39 is 10.0 Å². The quantitative estimate of drug-likeness (QED) is 0.592. The van der Waals surface area contributed by atoms with Gasteiger partial charge in [-0.05, 0) is 31.8 Å². The molecule has 1 rings (SSSR count). The molecule has 2 N–H and O–H groups in total. The van der Waals surface area contributed by atoms with Gasteiger partial charge in [-0.2, -0.15) is 0 Å². The summed E-state index contributed by atoms with van der Waals surface area (Å²) in [4.78, 5) is 14.0. The van der Waals surface area contributed by atoms with E-state index in [4.69, 9.17) is 4.74 Å². The first-order chi connectivity index (χ1) is 9.90. The van der Waals surface area contributed by atoms with E-state index in [1.54, 1.807) is 7.11 Å². The van der Waals surface area contributed by atoms with Crippen LogP contribution in [0.1, 0.15) is 19.3 Å². The standard InChI is InChI=1S/C13H27N3O4S/c1-20-10-9-16-7-4-12(5-8-16)11-14-13(17)3-6-15-21(2,18)19/h12,15H,3-11H2,1-2H3,(H,14,17). The van der Waals surface area contributed by atoms with Crippen molar-refractivity contribution >= 4 is 15.9 Å². The summed E-state index contributed by atoms with van der Waals surface area (Å²) in [5, 5.41) is 2.88. The smallest absolute Gasteiger partial charge is 0.221 e. The van der Waals surface area contributed by atoms with E-state index >= 15 is 0 Å². The zero-order chi connectivity index (χ0) is 15.7. The highest BCUT2D eigenvalue weighted by molar-refractivity contribution is 7.88. The molecule has 1 aliphatic rings. The van der Waals surface area contributed by atoms with Crippen molar-refractivity contribution in [3.05, 3.63) is 0 Å². The molecule has 0 aromatic rings. The number of hydrogen-bond donors (Lipinski definition) is 2. The predicted molar refractivity (Wildman–Crippen MR) is 81.5 cm³/mol. The maximum Gasteiger partial charge on any atom is 0.221 e. The Hall–Kier alpha value is -0.700. The first kappa shape index (κ1) is 18.3. The van der Waals surface area contributed by atoms with Gasteiger partial charge in [-0.15, -0.1) is 0 Å². The second kappa shape index (κ2) is 9.34. The minimum atomic E-state index is -3.21. The Morgan fingerprint density at radius 2 is 2.00 bits per heavy atom. The summed E-state index contributed by atoms with van der Waals surface area (Å²) in [6.07, 6.45) is 3.42. The molecule has 8 heteroatoms. The van der Waals surface area contributed by atoms with Crippen LogP contribution >= 0.6 is 0 Å². The number of sulfonamides is 1. The molecule has 124 valence electrons. The normalized spacial score (nSPS) is 17.8. The number of rotatable bonds is 9. The van der Waals surface area contributed by atoms with Gasteiger partial charge in [-0.3, -0.25) is 4.79 Å². The van der Waals surface area contributed by atoms with Crippen LogP contribution in [0.25, 0.3) is 0 Å². The van der Waals surface area contributed by atoms with Crippen LogP contribution in [0.5, 0.6) is 0 Å². The van der Waals surface area contributed by atoms with Crippen LogP contribution in [-0.4, -0.2) is 71.9 Å². The molecule has 0 spiro atoms. The van der Waals surface area contributed by atoms with E-state index in [-0.39, 0.29) is 18.9 Å². The number of hydrogen-bond acceptors (Lipinski definition) is 5. The zero-order valence-corrected chi connectivity index (χ0v) is 13.7. The fourth-order valence-electron chi connectivity index (χ4n) is 2.33. The van der Waals surface area contributed by atoms with Crippen molar-refractivity contribution in [2.24, 2.45) is 5.92 Å². The van der Waals surface area contributed by atoms with Crippen LogP contribution in [0.4, 0.5) is 0 Å². The number of carbonyl (C=O) groups excluding carboxylic acids is 1. The predicted octanol–water partition coefficient (Wildman–Crippen LogP) is -0.600. The van der Waals surface area contributed by atoms with Crippen molar-refractivity contribution in [2.75, 3.05) is 52.7 Å². The van der Waals surface area contributed by atoms with E-state index in [2.05, 4.69) is 14.9 Å². The number of amides is 1. The lowest BCUT2D eigenvalue weighted by Gasteiger charge is -2.31. The summed E-state index contributed by atoms with van der Waals surface area (Å²) in [6.45, 7) is 4.64. The maximum absolute atomic E-state index is 11.6. The number of carbonyl (C=O) groups is 1. The van der Waals surface area contributed by atoms with Gasteiger partial charge in [0.2, 0.25) is 15.9 Å². The van der Waals surface area contributed by atoms with Gasteiger partial charge in [0.1, 0.15) is 0 Å². The number of ether oxygens (including phenoxy) is 1. The third-order valence-electron chi connectivity index (χ3n) is 3.62. The fraction of sp³-hybridized carbons (Fsp3) is 0.923. The molecular weight excluding hydrogens is 294 g/mol. The topological polar surface area (TPSA) is 87.7 Å². The Morgan fingerprint density at radius 1 is 1.33 bits per heavy atom. The minimum absolute atomic E-state index is 0.104. The highest BCUT2D eigenvalue weighted by Gasteiger charge is 2.19. The van der Waals surface area contributed by atoms with E-state index in [1.807, 2.05) is 0 Å². The molecular formula is C13H27N3O4S. The summed E-state index contributed by atoms with van der Waals surface area (Å²) >= 11 is 0. The van der Waals surface area contributed by atoms with Crippen LogP contribution < -0.4 is 10.0 Å². The monoisotopic (exact) mass is 321 g/mol. The van der Waals surface area contributed by atoms with Crippen LogP contribution in [0, 0.1) is 5.92 Å². The molecule has 0 saturated carbocycles.